The Balaban J connectivity index is 2.25. The molecule has 102 valence electrons. The Labute approximate surface area is 119 Å². The minimum Gasteiger partial charge on any atom is -0.295 e. The van der Waals surface area contributed by atoms with Crippen LogP contribution in [0, 0.1) is 6.92 Å². The predicted molar refractivity (Wildman–Crippen MR) is 83.8 cm³/mol. The van der Waals surface area contributed by atoms with Gasteiger partial charge in [0.05, 0.1) is 5.52 Å². The van der Waals surface area contributed by atoms with E-state index in [0.717, 1.165) is 28.5 Å². The van der Waals surface area contributed by atoms with Crippen molar-refractivity contribution in [2.75, 3.05) is 0 Å². The van der Waals surface area contributed by atoms with Gasteiger partial charge in [-0.25, -0.2) is 0 Å². The summed E-state index contributed by atoms with van der Waals surface area (Å²) in [7, 11) is 0. The van der Waals surface area contributed by atoms with Crippen LogP contribution < -0.4 is 0 Å². The number of pyridine rings is 1. The van der Waals surface area contributed by atoms with Crippen molar-refractivity contribution in [1.29, 1.82) is 0 Å². The summed E-state index contributed by atoms with van der Waals surface area (Å²) in [4.78, 5) is 15.7. The molecule has 0 aliphatic heterocycles. The number of nitrogens with zero attached hydrogens (tertiary/aromatic N) is 1. The van der Waals surface area contributed by atoms with Crippen LogP contribution in [0.1, 0.15) is 25.0 Å². The van der Waals surface area contributed by atoms with Crippen LogP contribution in [0.5, 0.6) is 0 Å². The maximum absolute atomic E-state index is 11.2. The summed E-state index contributed by atoms with van der Waals surface area (Å²) in [5, 5.41) is 1.15. The highest BCUT2D eigenvalue weighted by Crippen LogP contribution is 2.17. The normalized spacial score (nSPS) is 11.7. The van der Waals surface area contributed by atoms with E-state index < -0.39 is 0 Å². The highest BCUT2D eigenvalue weighted by atomic mass is 16.1. The van der Waals surface area contributed by atoms with Crippen LogP contribution in [0.25, 0.3) is 10.9 Å². The Kier molecular flexibility index (Phi) is 4.14. The summed E-state index contributed by atoms with van der Waals surface area (Å²) >= 11 is 0. The van der Waals surface area contributed by atoms with Crippen molar-refractivity contribution < 1.29 is 4.79 Å². The first-order chi connectivity index (χ1) is 9.45. The fraction of sp³-hybridized carbons (Fsp3) is 0.222. The third kappa shape index (κ3) is 3.41. The summed E-state index contributed by atoms with van der Waals surface area (Å²) in [6.45, 7) is 9.38. The number of hydrogen-bond donors (Lipinski definition) is 0. The maximum atomic E-state index is 11.2. The zero-order chi connectivity index (χ0) is 14.7. The Bertz CT molecular complexity index is 710. The van der Waals surface area contributed by atoms with E-state index in [1.807, 2.05) is 25.3 Å². The molecule has 1 aromatic carbocycles. The van der Waals surface area contributed by atoms with Crippen molar-refractivity contribution in [2.24, 2.45) is 0 Å². The second kappa shape index (κ2) is 5.83. The largest absolute Gasteiger partial charge is 0.295 e. The number of carbonyl (C=O) groups is 1. The molecule has 2 nitrogen and oxygen atoms in total. The Morgan fingerprint density at radius 3 is 2.75 bits per heavy atom. The van der Waals surface area contributed by atoms with Crippen LogP contribution in [0.4, 0.5) is 0 Å². The maximum Gasteiger partial charge on any atom is 0.159 e. The third-order valence-electron chi connectivity index (χ3n) is 3.25. The summed E-state index contributed by atoms with van der Waals surface area (Å²) in [5.41, 5.74) is 5.04. The molecule has 1 aromatic heterocycles. The molecule has 0 radical (unpaired) electrons. The summed E-state index contributed by atoms with van der Waals surface area (Å²) < 4.78 is 0. The lowest BCUT2D eigenvalue weighted by molar-refractivity contribution is -0.113. The molecule has 0 spiro atoms. The molecule has 0 aliphatic carbocycles. The molecule has 0 saturated heterocycles. The minimum absolute atomic E-state index is 0.0108. The molecule has 0 amide bonds. The van der Waals surface area contributed by atoms with Crippen molar-refractivity contribution in [3.63, 3.8) is 0 Å². The van der Waals surface area contributed by atoms with Gasteiger partial charge in [0.1, 0.15) is 0 Å². The predicted octanol–water partition coefficient (Wildman–Crippen LogP) is 4.18. The number of carbonyl (C=O) groups excluding carboxylic acids is 1. The average Bonchev–Trinajstić information content (AvgIpc) is 2.37. The molecule has 2 rings (SSSR count). The fourth-order valence-electron chi connectivity index (χ4n) is 2.17. The van der Waals surface area contributed by atoms with E-state index in [4.69, 9.17) is 0 Å². The van der Waals surface area contributed by atoms with E-state index in [0.29, 0.717) is 5.57 Å². The number of ketones is 1. The van der Waals surface area contributed by atoms with Gasteiger partial charge >= 0.3 is 0 Å². The zero-order valence-electron chi connectivity index (χ0n) is 12.2. The van der Waals surface area contributed by atoms with Crippen LogP contribution in [0.3, 0.4) is 0 Å². The van der Waals surface area contributed by atoms with E-state index >= 15 is 0 Å². The fourth-order valence-corrected chi connectivity index (χ4v) is 2.17. The quantitative estimate of drug-likeness (QED) is 0.613. The van der Waals surface area contributed by atoms with Gasteiger partial charge in [-0.1, -0.05) is 29.9 Å². The van der Waals surface area contributed by atoms with Crippen molar-refractivity contribution in [3.05, 3.63) is 65.4 Å². The standard InChI is InChI=1S/C18H19NO/c1-12-5-6-18-17(9-12)10-16(11-19-18)8-13(2)7-14(3)15(4)20/h5-7,9-11H,3,8H2,1-2,4H3/b13-7+. The molecule has 0 N–H and O–H groups in total. The second-order valence-corrected chi connectivity index (χ2v) is 5.29. The van der Waals surface area contributed by atoms with E-state index in [2.05, 4.69) is 36.7 Å². The van der Waals surface area contributed by atoms with Gasteiger partial charge in [-0.2, -0.15) is 0 Å². The topological polar surface area (TPSA) is 30.0 Å². The highest BCUT2D eigenvalue weighted by Gasteiger charge is 2.02. The van der Waals surface area contributed by atoms with E-state index in [-0.39, 0.29) is 5.78 Å². The third-order valence-corrected chi connectivity index (χ3v) is 3.25. The molecule has 1 heterocycles. The zero-order valence-corrected chi connectivity index (χ0v) is 12.2. The molecule has 2 aromatic rings. The lowest BCUT2D eigenvalue weighted by Gasteiger charge is -2.05. The van der Waals surface area contributed by atoms with Gasteiger partial charge in [0.15, 0.2) is 5.78 Å². The lowest BCUT2D eigenvalue weighted by Crippen LogP contribution is -1.94. The lowest BCUT2D eigenvalue weighted by atomic mass is 10.0. The smallest absolute Gasteiger partial charge is 0.159 e. The first-order valence-corrected chi connectivity index (χ1v) is 6.68. The SMILES string of the molecule is C=C(/C=C(\C)Cc1cnc2ccc(C)cc2c1)C(C)=O. The number of rotatable bonds is 4. The van der Waals surface area contributed by atoms with Gasteiger partial charge in [-0.3, -0.25) is 9.78 Å². The van der Waals surface area contributed by atoms with E-state index in [1.165, 1.54) is 12.5 Å². The van der Waals surface area contributed by atoms with Gasteiger partial charge in [-0.15, -0.1) is 0 Å². The van der Waals surface area contributed by atoms with Gasteiger partial charge in [0, 0.05) is 17.2 Å². The van der Waals surface area contributed by atoms with Crippen molar-refractivity contribution in [1.82, 2.24) is 4.98 Å². The molecule has 0 atom stereocenters. The van der Waals surface area contributed by atoms with E-state index in [9.17, 15) is 4.79 Å². The molecule has 20 heavy (non-hydrogen) atoms. The molecule has 0 aliphatic rings. The van der Waals surface area contributed by atoms with E-state index in [1.54, 1.807) is 0 Å². The van der Waals surface area contributed by atoms with Crippen LogP contribution in [-0.4, -0.2) is 10.8 Å². The first-order valence-electron chi connectivity index (χ1n) is 6.68. The van der Waals surface area contributed by atoms with Gasteiger partial charge in [0.2, 0.25) is 0 Å². The van der Waals surface area contributed by atoms with Crippen LogP contribution in [0.2, 0.25) is 0 Å². The molecular formula is C18H19NO. The average molecular weight is 265 g/mol. The monoisotopic (exact) mass is 265 g/mol. The second-order valence-electron chi connectivity index (χ2n) is 5.29. The first kappa shape index (κ1) is 14.2. The Morgan fingerprint density at radius 2 is 2.05 bits per heavy atom. The number of aryl methyl sites for hydroxylation is 1. The summed E-state index contributed by atoms with van der Waals surface area (Å²) in [6, 6.07) is 8.40. The van der Waals surface area contributed by atoms with Crippen LogP contribution >= 0.6 is 0 Å². The van der Waals surface area contributed by atoms with Crippen molar-refractivity contribution in [3.8, 4) is 0 Å². The molecular weight excluding hydrogens is 246 g/mol. The summed E-state index contributed by atoms with van der Waals surface area (Å²) in [5.74, 6) is 0.0108. The highest BCUT2D eigenvalue weighted by molar-refractivity contribution is 5.95. The van der Waals surface area contributed by atoms with Crippen molar-refractivity contribution in [2.45, 2.75) is 27.2 Å². The number of benzene rings is 1. The molecule has 0 bridgehead atoms. The number of Topliss-reactive ketones (excluding diaryl/α,β-unsaturated/α-hetero) is 1. The van der Waals surface area contributed by atoms with Crippen LogP contribution in [0.15, 0.2) is 54.3 Å². The number of hydrogen-bond acceptors (Lipinski definition) is 2. The Hall–Kier alpha value is -2.22. The molecule has 2 heteroatoms. The molecule has 0 unspecified atom stereocenters. The summed E-state index contributed by atoms with van der Waals surface area (Å²) in [6.07, 6.45) is 4.53. The van der Waals surface area contributed by atoms with Gasteiger partial charge in [0.25, 0.3) is 0 Å². The minimum atomic E-state index is 0.0108. The molecule has 0 saturated carbocycles. The van der Waals surface area contributed by atoms with Crippen LogP contribution in [-0.2, 0) is 11.2 Å². The van der Waals surface area contributed by atoms with Crippen molar-refractivity contribution >= 4 is 16.7 Å². The van der Waals surface area contributed by atoms with Gasteiger partial charge < -0.3 is 0 Å². The number of allylic oxidation sites excluding steroid dienone is 3. The number of fused-ring (bicyclic) bond motifs is 1. The van der Waals surface area contributed by atoms with Gasteiger partial charge in [-0.05, 0) is 51.0 Å². The molecule has 0 fully saturated rings. The Morgan fingerprint density at radius 1 is 1.30 bits per heavy atom. The number of aromatic nitrogens is 1.